The maximum Gasteiger partial charge on any atom is 0.243 e. The third-order valence-corrected chi connectivity index (χ3v) is 6.65. The molecule has 0 bridgehead atoms. The molecule has 1 saturated carbocycles. The first-order valence-electron chi connectivity index (χ1n) is 8.57. The number of benzene rings is 1. The van der Waals surface area contributed by atoms with Crippen LogP contribution in [-0.2, 0) is 16.6 Å². The van der Waals surface area contributed by atoms with Crippen molar-refractivity contribution < 1.29 is 8.42 Å². The molecule has 0 spiro atoms. The molecule has 1 aliphatic heterocycles. The standard InChI is InChI=1S/C17H26N4O2S/c1-13-11-16(13)20-17(18-2)19-12-14-5-7-15(8-6-14)24(22,23)21-9-3-4-10-21/h5-8,13,16H,3-4,9-12H2,1-2H3,(H2,18,19,20). The first kappa shape index (κ1) is 17.2. The van der Waals surface area contributed by atoms with Crippen LogP contribution in [0.4, 0.5) is 0 Å². The van der Waals surface area contributed by atoms with Crippen molar-refractivity contribution in [2.24, 2.45) is 10.9 Å². The van der Waals surface area contributed by atoms with E-state index in [9.17, 15) is 8.42 Å². The summed E-state index contributed by atoms with van der Waals surface area (Å²) in [4.78, 5) is 4.60. The third-order valence-electron chi connectivity index (χ3n) is 4.74. The number of rotatable bonds is 5. The summed E-state index contributed by atoms with van der Waals surface area (Å²) >= 11 is 0. The normalized spacial score (nSPS) is 24.8. The van der Waals surface area contributed by atoms with Gasteiger partial charge in [-0.05, 0) is 42.9 Å². The van der Waals surface area contributed by atoms with Crippen LogP contribution in [0.1, 0.15) is 31.7 Å². The number of nitrogens with one attached hydrogen (secondary N) is 2. The number of guanidine groups is 1. The lowest BCUT2D eigenvalue weighted by Gasteiger charge is -2.16. The minimum atomic E-state index is -3.33. The fourth-order valence-corrected chi connectivity index (χ4v) is 4.45. The molecule has 1 aliphatic carbocycles. The van der Waals surface area contributed by atoms with Crippen molar-refractivity contribution in [1.29, 1.82) is 0 Å². The van der Waals surface area contributed by atoms with Gasteiger partial charge in [0.25, 0.3) is 0 Å². The molecule has 132 valence electrons. The van der Waals surface area contributed by atoms with Crippen molar-refractivity contribution in [2.45, 2.75) is 43.7 Å². The van der Waals surface area contributed by atoms with Crippen LogP contribution in [0.15, 0.2) is 34.2 Å². The van der Waals surface area contributed by atoms with Gasteiger partial charge in [-0.15, -0.1) is 0 Å². The maximum absolute atomic E-state index is 12.5. The minimum Gasteiger partial charge on any atom is -0.353 e. The lowest BCUT2D eigenvalue weighted by Crippen LogP contribution is -2.38. The predicted molar refractivity (Wildman–Crippen MR) is 95.3 cm³/mol. The van der Waals surface area contributed by atoms with Gasteiger partial charge in [-0.2, -0.15) is 4.31 Å². The fraction of sp³-hybridized carbons (Fsp3) is 0.588. The molecule has 1 heterocycles. The quantitative estimate of drug-likeness (QED) is 0.624. The Morgan fingerprint density at radius 1 is 1.25 bits per heavy atom. The van der Waals surface area contributed by atoms with Crippen LogP contribution >= 0.6 is 0 Å². The van der Waals surface area contributed by atoms with E-state index >= 15 is 0 Å². The molecule has 1 aromatic carbocycles. The zero-order valence-corrected chi connectivity index (χ0v) is 15.1. The largest absolute Gasteiger partial charge is 0.353 e. The molecule has 7 heteroatoms. The van der Waals surface area contributed by atoms with Crippen LogP contribution in [0.2, 0.25) is 0 Å². The molecule has 0 radical (unpaired) electrons. The van der Waals surface area contributed by atoms with Gasteiger partial charge in [-0.1, -0.05) is 19.1 Å². The van der Waals surface area contributed by atoms with Crippen molar-refractivity contribution >= 4 is 16.0 Å². The Hall–Kier alpha value is -1.60. The Morgan fingerprint density at radius 2 is 1.88 bits per heavy atom. The van der Waals surface area contributed by atoms with Crippen molar-refractivity contribution in [3.8, 4) is 0 Å². The summed E-state index contributed by atoms with van der Waals surface area (Å²) in [5.41, 5.74) is 1.03. The van der Waals surface area contributed by atoms with E-state index in [4.69, 9.17) is 0 Å². The summed E-state index contributed by atoms with van der Waals surface area (Å²) in [6.07, 6.45) is 3.09. The molecule has 0 amide bonds. The Kier molecular flexibility index (Phi) is 5.10. The third kappa shape index (κ3) is 3.89. The second-order valence-corrected chi connectivity index (χ2v) is 8.58. The number of aliphatic imine (C=N–C) groups is 1. The smallest absolute Gasteiger partial charge is 0.243 e. The van der Waals surface area contributed by atoms with Gasteiger partial charge in [0, 0.05) is 32.7 Å². The number of hydrogen-bond donors (Lipinski definition) is 2. The van der Waals surface area contributed by atoms with Crippen molar-refractivity contribution in [3.63, 3.8) is 0 Å². The molecule has 2 unspecified atom stereocenters. The van der Waals surface area contributed by atoms with E-state index in [1.807, 2.05) is 12.1 Å². The van der Waals surface area contributed by atoms with Crippen LogP contribution in [-0.4, -0.2) is 44.9 Å². The second kappa shape index (κ2) is 7.11. The van der Waals surface area contributed by atoms with Gasteiger partial charge < -0.3 is 10.6 Å². The van der Waals surface area contributed by atoms with Gasteiger partial charge in [0.05, 0.1) is 4.90 Å². The predicted octanol–water partition coefficient (Wildman–Crippen LogP) is 1.54. The highest BCUT2D eigenvalue weighted by molar-refractivity contribution is 7.89. The molecule has 1 saturated heterocycles. The molecule has 2 atom stereocenters. The van der Waals surface area contributed by atoms with Gasteiger partial charge in [-0.25, -0.2) is 8.42 Å². The highest BCUT2D eigenvalue weighted by Gasteiger charge is 2.33. The molecule has 2 N–H and O–H groups in total. The van der Waals surface area contributed by atoms with Gasteiger partial charge in [-0.3, -0.25) is 4.99 Å². The van der Waals surface area contributed by atoms with Crippen LogP contribution in [0.3, 0.4) is 0 Å². The second-order valence-electron chi connectivity index (χ2n) is 6.64. The number of hydrogen-bond acceptors (Lipinski definition) is 3. The molecule has 24 heavy (non-hydrogen) atoms. The molecule has 2 fully saturated rings. The SMILES string of the molecule is CN=C(NCc1ccc(S(=O)(=O)N2CCCC2)cc1)NC1CC1C. The van der Waals surface area contributed by atoms with E-state index in [0.29, 0.717) is 36.5 Å². The molecule has 2 aliphatic rings. The lowest BCUT2D eigenvalue weighted by atomic mass is 10.2. The lowest BCUT2D eigenvalue weighted by molar-refractivity contribution is 0.477. The summed E-state index contributed by atoms with van der Waals surface area (Å²) in [5, 5.41) is 6.64. The highest BCUT2D eigenvalue weighted by Crippen LogP contribution is 2.28. The Bertz CT molecular complexity index is 694. The van der Waals surface area contributed by atoms with Gasteiger partial charge in [0.2, 0.25) is 10.0 Å². The van der Waals surface area contributed by atoms with E-state index in [0.717, 1.165) is 24.4 Å². The molecule has 0 aromatic heterocycles. The van der Waals surface area contributed by atoms with Crippen LogP contribution in [0.25, 0.3) is 0 Å². The van der Waals surface area contributed by atoms with E-state index in [1.165, 1.54) is 6.42 Å². The summed E-state index contributed by atoms with van der Waals surface area (Å²) in [6, 6.07) is 7.64. The number of sulfonamides is 1. The minimum absolute atomic E-state index is 0.377. The zero-order chi connectivity index (χ0) is 17.2. The summed E-state index contributed by atoms with van der Waals surface area (Å²) < 4.78 is 26.6. The Balaban J connectivity index is 1.58. The fourth-order valence-electron chi connectivity index (χ4n) is 2.94. The first-order chi connectivity index (χ1) is 11.5. The molecule has 1 aromatic rings. The van der Waals surface area contributed by atoms with Crippen molar-refractivity contribution in [3.05, 3.63) is 29.8 Å². The van der Waals surface area contributed by atoms with Crippen molar-refractivity contribution in [1.82, 2.24) is 14.9 Å². The van der Waals surface area contributed by atoms with E-state index in [2.05, 4.69) is 22.5 Å². The number of nitrogens with zero attached hydrogens (tertiary/aromatic N) is 2. The maximum atomic E-state index is 12.5. The van der Waals surface area contributed by atoms with Crippen molar-refractivity contribution in [2.75, 3.05) is 20.1 Å². The van der Waals surface area contributed by atoms with E-state index < -0.39 is 10.0 Å². The molecular formula is C17H26N4O2S. The summed E-state index contributed by atoms with van der Waals surface area (Å²) in [5.74, 6) is 1.50. The van der Waals surface area contributed by atoms with Crippen LogP contribution in [0, 0.1) is 5.92 Å². The van der Waals surface area contributed by atoms with Crippen LogP contribution < -0.4 is 10.6 Å². The Morgan fingerprint density at radius 3 is 2.42 bits per heavy atom. The molecular weight excluding hydrogens is 324 g/mol. The highest BCUT2D eigenvalue weighted by atomic mass is 32.2. The summed E-state index contributed by atoms with van der Waals surface area (Å²) in [6.45, 7) is 4.09. The van der Waals surface area contributed by atoms with Crippen LogP contribution in [0.5, 0.6) is 0 Å². The molecule has 3 rings (SSSR count). The average molecular weight is 350 g/mol. The van der Waals surface area contributed by atoms with Gasteiger partial charge >= 0.3 is 0 Å². The van der Waals surface area contributed by atoms with E-state index in [1.54, 1.807) is 23.5 Å². The monoisotopic (exact) mass is 350 g/mol. The zero-order valence-electron chi connectivity index (χ0n) is 14.3. The van der Waals surface area contributed by atoms with Gasteiger partial charge in [0.1, 0.15) is 0 Å². The summed E-state index contributed by atoms with van der Waals surface area (Å²) in [7, 11) is -1.57. The topological polar surface area (TPSA) is 73.8 Å². The Labute approximate surface area is 144 Å². The average Bonchev–Trinajstić information content (AvgIpc) is 3.05. The van der Waals surface area contributed by atoms with E-state index in [-0.39, 0.29) is 0 Å². The molecule has 6 nitrogen and oxygen atoms in total. The first-order valence-corrected chi connectivity index (χ1v) is 10.0. The van der Waals surface area contributed by atoms with Gasteiger partial charge in [0.15, 0.2) is 5.96 Å².